The van der Waals surface area contributed by atoms with Crippen molar-refractivity contribution < 1.29 is 9.13 Å². The van der Waals surface area contributed by atoms with Crippen molar-refractivity contribution in [2.24, 2.45) is 5.92 Å². The monoisotopic (exact) mass is 266 g/mol. The van der Waals surface area contributed by atoms with Gasteiger partial charge in [-0.15, -0.1) is 0 Å². The van der Waals surface area contributed by atoms with Crippen LogP contribution in [0, 0.1) is 11.7 Å². The van der Waals surface area contributed by atoms with Crippen LogP contribution >= 0.6 is 0 Å². The van der Waals surface area contributed by atoms with E-state index >= 15 is 0 Å². The fraction of sp³-hybridized carbons (Fsp3) is 0.600. The molecule has 1 aliphatic carbocycles. The molecule has 1 aromatic rings. The summed E-state index contributed by atoms with van der Waals surface area (Å²) >= 11 is 0. The number of benzene rings is 1. The highest BCUT2D eigenvalue weighted by molar-refractivity contribution is 5.69. The number of rotatable bonds is 4. The van der Waals surface area contributed by atoms with Gasteiger partial charge in [0.15, 0.2) is 11.6 Å². The van der Waals surface area contributed by atoms with Crippen LogP contribution in [0.5, 0.6) is 5.75 Å². The molecule has 0 spiro atoms. The minimum absolute atomic E-state index is 0.0589. The number of nitrogens with one attached hydrogen (secondary N) is 1. The predicted octanol–water partition coefficient (Wildman–Crippen LogP) is 3.80. The molecule has 2 unspecified atom stereocenters. The molecule has 0 heterocycles. The lowest BCUT2D eigenvalue weighted by Crippen LogP contribution is -2.22. The summed E-state index contributed by atoms with van der Waals surface area (Å²) in [5, 5.41) is 3.43. The normalized spacial score (nSPS) is 22.8. The third-order valence-corrected chi connectivity index (χ3v) is 3.67. The van der Waals surface area contributed by atoms with Crippen molar-refractivity contribution in [2.45, 2.75) is 52.2 Å². The van der Waals surface area contributed by atoms with Gasteiger partial charge in [0, 0.05) is 18.2 Å². The van der Waals surface area contributed by atoms with Crippen molar-refractivity contribution in [3.8, 4) is 5.75 Å². The average molecular weight is 266 g/mol. The first-order valence-electron chi connectivity index (χ1n) is 6.99. The summed E-state index contributed by atoms with van der Waals surface area (Å²) < 4.78 is 19.2. The molecule has 0 amide bonds. The van der Waals surface area contributed by atoms with E-state index in [1.807, 2.05) is 13.8 Å². The van der Waals surface area contributed by atoms with Gasteiger partial charge in [-0.3, -0.25) is 0 Å². The Kier molecular flexibility index (Phi) is 4.17. The summed E-state index contributed by atoms with van der Waals surface area (Å²) in [6.45, 7) is 5.99. The second-order valence-electron chi connectivity index (χ2n) is 5.70. The molecule has 106 valence electrons. The van der Waals surface area contributed by atoms with Crippen LogP contribution in [0.4, 0.5) is 15.8 Å². The molecule has 0 aliphatic heterocycles. The van der Waals surface area contributed by atoms with Crippen LogP contribution < -0.4 is 15.8 Å². The summed E-state index contributed by atoms with van der Waals surface area (Å²) in [5.41, 5.74) is 7.10. The van der Waals surface area contributed by atoms with Crippen molar-refractivity contribution in [1.82, 2.24) is 0 Å². The summed E-state index contributed by atoms with van der Waals surface area (Å²) in [7, 11) is 0. The van der Waals surface area contributed by atoms with Crippen LogP contribution in [0.25, 0.3) is 0 Å². The van der Waals surface area contributed by atoms with E-state index < -0.39 is 5.82 Å². The van der Waals surface area contributed by atoms with Gasteiger partial charge in [-0.05, 0) is 32.6 Å². The molecule has 0 radical (unpaired) electrons. The molecule has 3 N–H and O–H groups in total. The van der Waals surface area contributed by atoms with Gasteiger partial charge in [0.1, 0.15) is 0 Å². The average Bonchev–Trinajstić information content (AvgIpc) is 2.70. The molecule has 0 saturated heterocycles. The summed E-state index contributed by atoms with van der Waals surface area (Å²) in [5.74, 6) is 0.479. The number of ether oxygens (including phenoxy) is 1. The summed E-state index contributed by atoms with van der Waals surface area (Å²) in [6.07, 6.45) is 3.54. The lowest BCUT2D eigenvalue weighted by Gasteiger charge is -2.21. The highest BCUT2D eigenvalue weighted by Gasteiger charge is 2.24. The van der Waals surface area contributed by atoms with Crippen LogP contribution in [0.15, 0.2) is 12.1 Å². The fourth-order valence-corrected chi connectivity index (χ4v) is 2.60. The number of halogens is 1. The molecular formula is C15H23FN2O. The van der Waals surface area contributed by atoms with Crippen molar-refractivity contribution in [1.29, 1.82) is 0 Å². The highest BCUT2D eigenvalue weighted by atomic mass is 19.1. The molecule has 1 fully saturated rings. The van der Waals surface area contributed by atoms with Crippen molar-refractivity contribution in [3.63, 3.8) is 0 Å². The van der Waals surface area contributed by atoms with Crippen LogP contribution in [-0.2, 0) is 0 Å². The quantitative estimate of drug-likeness (QED) is 0.815. The van der Waals surface area contributed by atoms with E-state index in [9.17, 15) is 4.39 Å². The first-order chi connectivity index (χ1) is 8.97. The Labute approximate surface area is 114 Å². The molecule has 3 nitrogen and oxygen atoms in total. The highest BCUT2D eigenvalue weighted by Crippen LogP contribution is 2.33. The number of hydrogen-bond donors (Lipinski definition) is 2. The zero-order chi connectivity index (χ0) is 14.0. The van der Waals surface area contributed by atoms with E-state index in [0.29, 0.717) is 17.6 Å². The van der Waals surface area contributed by atoms with E-state index in [1.54, 1.807) is 6.07 Å². The van der Waals surface area contributed by atoms with E-state index in [4.69, 9.17) is 10.5 Å². The maximum absolute atomic E-state index is 13.7. The van der Waals surface area contributed by atoms with Gasteiger partial charge < -0.3 is 15.8 Å². The molecule has 1 aromatic carbocycles. The van der Waals surface area contributed by atoms with Crippen LogP contribution in [0.3, 0.4) is 0 Å². The molecule has 4 heteroatoms. The van der Waals surface area contributed by atoms with E-state index in [0.717, 1.165) is 12.1 Å². The maximum atomic E-state index is 13.7. The molecule has 2 atom stereocenters. The van der Waals surface area contributed by atoms with Crippen molar-refractivity contribution in [2.75, 3.05) is 11.1 Å². The number of anilines is 2. The Bertz CT molecular complexity index is 448. The Balaban J connectivity index is 2.19. The Hall–Kier alpha value is -1.45. The number of nitrogen functional groups attached to an aromatic ring is 1. The Morgan fingerprint density at radius 3 is 2.68 bits per heavy atom. The third kappa shape index (κ3) is 3.31. The van der Waals surface area contributed by atoms with Gasteiger partial charge in [-0.2, -0.15) is 0 Å². The van der Waals surface area contributed by atoms with Gasteiger partial charge in [-0.1, -0.05) is 13.3 Å². The first kappa shape index (κ1) is 14.0. The standard InChI is InChI=1S/C15H23FN2O/c1-9(2)19-15-8-14(12(17)7-11(15)16)18-13-6-4-5-10(13)3/h7-10,13,18H,4-6,17H2,1-3H3. The summed E-state index contributed by atoms with van der Waals surface area (Å²) in [6, 6.07) is 3.43. The van der Waals surface area contributed by atoms with Crippen molar-refractivity contribution in [3.05, 3.63) is 17.9 Å². The van der Waals surface area contributed by atoms with Gasteiger partial charge in [0.2, 0.25) is 0 Å². The Morgan fingerprint density at radius 1 is 1.37 bits per heavy atom. The fourth-order valence-electron chi connectivity index (χ4n) is 2.60. The van der Waals surface area contributed by atoms with E-state index in [2.05, 4.69) is 12.2 Å². The molecule has 0 bridgehead atoms. The molecule has 2 rings (SSSR count). The number of nitrogens with two attached hydrogens (primary N) is 1. The third-order valence-electron chi connectivity index (χ3n) is 3.67. The SMILES string of the molecule is CC(C)Oc1cc(NC2CCCC2C)c(N)cc1F. The van der Waals surface area contributed by atoms with Gasteiger partial charge in [-0.25, -0.2) is 4.39 Å². The Morgan fingerprint density at radius 2 is 2.11 bits per heavy atom. The van der Waals surface area contributed by atoms with Gasteiger partial charge in [0.05, 0.1) is 17.5 Å². The molecule has 19 heavy (non-hydrogen) atoms. The topological polar surface area (TPSA) is 47.3 Å². The molecular weight excluding hydrogens is 243 g/mol. The molecule has 1 saturated carbocycles. The van der Waals surface area contributed by atoms with Crippen molar-refractivity contribution >= 4 is 11.4 Å². The van der Waals surface area contributed by atoms with Gasteiger partial charge in [0.25, 0.3) is 0 Å². The zero-order valence-electron chi connectivity index (χ0n) is 11.9. The van der Waals surface area contributed by atoms with Crippen LogP contribution in [-0.4, -0.2) is 12.1 Å². The molecule has 1 aliphatic rings. The molecule has 0 aromatic heterocycles. The lowest BCUT2D eigenvalue weighted by atomic mass is 10.1. The maximum Gasteiger partial charge on any atom is 0.167 e. The smallest absolute Gasteiger partial charge is 0.167 e. The predicted molar refractivity (Wildman–Crippen MR) is 77.0 cm³/mol. The van der Waals surface area contributed by atoms with E-state index in [-0.39, 0.29) is 11.9 Å². The van der Waals surface area contributed by atoms with Gasteiger partial charge >= 0.3 is 0 Å². The van der Waals surface area contributed by atoms with Crippen LogP contribution in [0.2, 0.25) is 0 Å². The first-order valence-corrected chi connectivity index (χ1v) is 6.99. The summed E-state index contributed by atoms with van der Waals surface area (Å²) in [4.78, 5) is 0. The second-order valence-corrected chi connectivity index (χ2v) is 5.70. The largest absolute Gasteiger partial charge is 0.488 e. The van der Waals surface area contributed by atoms with E-state index in [1.165, 1.54) is 18.9 Å². The lowest BCUT2D eigenvalue weighted by molar-refractivity contribution is 0.231. The second kappa shape index (κ2) is 5.68. The minimum Gasteiger partial charge on any atom is -0.488 e. The minimum atomic E-state index is -0.406. The van der Waals surface area contributed by atoms with Crippen LogP contribution in [0.1, 0.15) is 40.0 Å². The number of hydrogen-bond acceptors (Lipinski definition) is 3. The zero-order valence-corrected chi connectivity index (χ0v) is 11.9.